The van der Waals surface area contributed by atoms with Crippen molar-refractivity contribution in [1.29, 1.82) is 0 Å². The number of aryl methyl sites for hydroxylation is 2. The monoisotopic (exact) mass is 424 g/mol. The second-order valence-electron chi connectivity index (χ2n) is 7.76. The summed E-state index contributed by atoms with van der Waals surface area (Å²) in [7, 11) is 0. The van der Waals surface area contributed by atoms with Gasteiger partial charge in [-0.05, 0) is 43.9 Å². The summed E-state index contributed by atoms with van der Waals surface area (Å²) in [6.07, 6.45) is 0.780. The Kier molecular flexibility index (Phi) is 8.49. The highest BCUT2D eigenvalue weighted by molar-refractivity contribution is 6.15. The number of urea groups is 1. The molecule has 0 aliphatic carbocycles. The summed E-state index contributed by atoms with van der Waals surface area (Å²) in [6, 6.07) is 11.2. The number of imide groups is 1. The van der Waals surface area contributed by atoms with Crippen LogP contribution in [0.5, 0.6) is 0 Å². The van der Waals surface area contributed by atoms with Crippen molar-refractivity contribution >= 4 is 23.7 Å². The Labute approximate surface area is 182 Å². The molecule has 2 aromatic carbocycles. The Bertz CT molecular complexity index is 982. The van der Waals surface area contributed by atoms with Gasteiger partial charge in [0.2, 0.25) is 0 Å². The van der Waals surface area contributed by atoms with E-state index < -0.39 is 24.5 Å². The van der Waals surface area contributed by atoms with Gasteiger partial charge in [0.25, 0.3) is 5.91 Å². The molecule has 0 aromatic heterocycles. The quantitative estimate of drug-likeness (QED) is 0.498. The molecule has 0 heterocycles. The van der Waals surface area contributed by atoms with Gasteiger partial charge in [-0.15, -0.1) is 0 Å². The second kappa shape index (κ2) is 11.1. The summed E-state index contributed by atoms with van der Waals surface area (Å²) in [6.45, 7) is 7.55. The van der Waals surface area contributed by atoms with Gasteiger partial charge in [0.05, 0.1) is 5.56 Å². The summed E-state index contributed by atoms with van der Waals surface area (Å²) in [4.78, 5) is 49.1. The van der Waals surface area contributed by atoms with Crippen molar-refractivity contribution in [3.05, 3.63) is 70.3 Å². The highest BCUT2D eigenvalue weighted by Crippen LogP contribution is 2.19. The highest BCUT2D eigenvalue weighted by atomic mass is 16.5. The molecule has 31 heavy (non-hydrogen) atoms. The van der Waals surface area contributed by atoms with Crippen molar-refractivity contribution in [2.75, 3.05) is 13.2 Å². The minimum atomic E-state index is -0.815. The smallest absolute Gasteiger partial charge is 0.339 e. The fourth-order valence-corrected chi connectivity index (χ4v) is 2.87. The van der Waals surface area contributed by atoms with Crippen LogP contribution in [0.1, 0.15) is 57.7 Å². The minimum Gasteiger partial charge on any atom is -0.452 e. The number of amides is 3. The standard InChI is InChI=1S/C24H28N2O5/c1-15(2)11-12-25-24(30)26-21(27)14-31-23(29)19-8-6-5-7-18(19)22(28)20-13-16(3)9-10-17(20)4/h5-10,13,15H,11-12,14H2,1-4H3,(H2,25,26,27,30). The van der Waals surface area contributed by atoms with E-state index >= 15 is 0 Å². The van der Waals surface area contributed by atoms with Crippen LogP contribution in [-0.4, -0.2) is 36.8 Å². The molecule has 0 spiro atoms. The van der Waals surface area contributed by atoms with Gasteiger partial charge in [-0.3, -0.25) is 14.9 Å². The van der Waals surface area contributed by atoms with Crippen LogP contribution in [0.15, 0.2) is 42.5 Å². The molecule has 2 rings (SSSR count). The number of hydrogen-bond donors (Lipinski definition) is 2. The maximum atomic E-state index is 13.0. The van der Waals surface area contributed by atoms with Crippen molar-refractivity contribution in [2.24, 2.45) is 5.92 Å². The third kappa shape index (κ3) is 7.06. The number of ether oxygens (including phenoxy) is 1. The summed E-state index contributed by atoms with van der Waals surface area (Å²) in [5.74, 6) is -1.45. The lowest BCUT2D eigenvalue weighted by Crippen LogP contribution is -2.42. The molecule has 0 saturated heterocycles. The molecule has 0 aliphatic rings. The number of benzene rings is 2. The molecule has 0 aliphatic heterocycles. The lowest BCUT2D eigenvalue weighted by Gasteiger charge is -2.11. The van der Waals surface area contributed by atoms with Crippen molar-refractivity contribution in [1.82, 2.24) is 10.6 Å². The maximum absolute atomic E-state index is 13.0. The second-order valence-corrected chi connectivity index (χ2v) is 7.76. The van der Waals surface area contributed by atoms with Crippen molar-refractivity contribution < 1.29 is 23.9 Å². The zero-order valence-electron chi connectivity index (χ0n) is 18.3. The molecule has 7 nitrogen and oxygen atoms in total. The predicted molar refractivity (Wildman–Crippen MR) is 117 cm³/mol. The van der Waals surface area contributed by atoms with Crippen LogP contribution >= 0.6 is 0 Å². The number of nitrogens with one attached hydrogen (secondary N) is 2. The van der Waals surface area contributed by atoms with Gasteiger partial charge in [0.15, 0.2) is 12.4 Å². The van der Waals surface area contributed by atoms with E-state index in [0.717, 1.165) is 17.5 Å². The Morgan fingerprint density at radius 1 is 0.935 bits per heavy atom. The average molecular weight is 424 g/mol. The van der Waals surface area contributed by atoms with Crippen LogP contribution < -0.4 is 10.6 Å². The predicted octanol–water partition coefficient (Wildman–Crippen LogP) is 3.56. The van der Waals surface area contributed by atoms with E-state index in [4.69, 9.17) is 4.74 Å². The molecule has 3 amide bonds. The van der Waals surface area contributed by atoms with Crippen molar-refractivity contribution in [2.45, 2.75) is 34.1 Å². The van der Waals surface area contributed by atoms with Crippen LogP contribution in [-0.2, 0) is 9.53 Å². The van der Waals surface area contributed by atoms with Gasteiger partial charge in [0.1, 0.15) is 0 Å². The van der Waals surface area contributed by atoms with Crippen LogP contribution in [0.25, 0.3) is 0 Å². The number of hydrogen-bond acceptors (Lipinski definition) is 5. The van der Waals surface area contributed by atoms with E-state index in [1.54, 1.807) is 24.3 Å². The SMILES string of the molecule is Cc1ccc(C)c(C(=O)c2ccccc2C(=O)OCC(=O)NC(=O)NCCC(C)C)c1. The Morgan fingerprint density at radius 3 is 2.29 bits per heavy atom. The molecule has 0 radical (unpaired) electrons. The molecule has 0 unspecified atom stereocenters. The van der Waals surface area contributed by atoms with E-state index in [-0.39, 0.29) is 16.9 Å². The van der Waals surface area contributed by atoms with Crippen LogP contribution in [0.4, 0.5) is 4.79 Å². The van der Waals surface area contributed by atoms with E-state index in [0.29, 0.717) is 18.0 Å². The molecule has 7 heteroatoms. The van der Waals surface area contributed by atoms with E-state index in [2.05, 4.69) is 10.6 Å². The van der Waals surface area contributed by atoms with Crippen LogP contribution in [0.2, 0.25) is 0 Å². The van der Waals surface area contributed by atoms with Gasteiger partial charge in [0, 0.05) is 17.7 Å². The zero-order valence-corrected chi connectivity index (χ0v) is 18.3. The fourth-order valence-electron chi connectivity index (χ4n) is 2.87. The van der Waals surface area contributed by atoms with E-state index in [1.165, 1.54) is 6.07 Å². The number of carbonyl (C=O) groups is 4. The number of carbonyl (C=O) groups excluding carboxylic acids is 4. The molecule has 164 valence electrons. The normalized spacial score (nSPS) is 10.5. The first-order valence-electron chi connectivity index (χ1n) is 10.1. The minimum absolute atomic E-state index is 0.0580. The molecule has 0 atom stereocenters. The number of esters is 1. The lowest BCUT2D eigenvalue weighted by atomic mass is 9.94. The summed E-state index contributed by atoms with van der Waals surface area (Å²) < 4.78 is 5.03. The largest absolute Gasteiger partial charge is 0.452 e. The van der Waals surface area contributed by atoms with Gasteiger partial charge in [-0.1, -0.05) is 49.7 Å². The zero-order chi connectivity index (χ0) is 23.0. The first-order valence-corrected chi connectivity index (χ1v) is 10.1. The molecule has 0 fully saturated rings. The van der Waals surface area contributed by atoms with Crippen molar-refractivity contribution in [3.8, 4) is 0 Å². The maximum Gasteiger partial charge on any atom is 0.339 e. The third-order valence-electron chi connectivity index (χ3n) is 4.62. The number of ketones is 1. The molecule has 2 N–H and O–H groups in total. The Balaban J connectivity index is 2.02. The molecule has 2 aromatic rings. The van der Waals surface area contributed by atoms with Crippen LogP contribution in [0.3, 0.4) is 0 Å². The van der Waals surface area contributed by atoms with Gasteiger partial charge in [-0.25, -0.2) is 9.59 Å². The highest BCUT2D eigenvalue weighted by Gasteiger charge is 2.21. The summed E-state index contributed by atoms with van der Waals surface area (Å²) in [5, 5.41) is 4.66. The topological polar surface area (TPSA) is 102 Å². The molecule has 0 saturated carbocycles. The van der Waals surface area contributed by atoms with Gasteiger partial charge < -0.3 is 10.1 Å². The average Bonchev–Trinajstić information content (AvgIpc) is 2.73. The Morgan fingerprint density at radius 2 is 1.61 bits per heavy atom. The molecular formula is C24H28N2O5. The summed E-state index contributed by atoms with van der Waals surface area (Å²) >= 11 is 0. The van der Waals surface area contributed by atoms with Gasteiger partial charge in [-0.2, -0.15) is 0 Å². The van der Waals surface area contributed by atoms with E-state index in [1.807, 2.05) is 39.8 Å². The van der Waals surface area contributed by atoms with E-state index in [9.17, 15) is 19.2 Å². The first kappa shape index (κ1) is 23.8. The lowest BCUT2D eigenvalue weighted by molar-refractivity contribution is -0.123. The van der Waals surface area contributed by atoms with Gasteiger partial charge >= 0.3 is 12.0 Å². The molecule has 0 bridgehead atoms. The third-order valence-corrected chi connectivity index (χ3v) is 4.62. The first-order chi connectivity index (χ1) is 14.7. The van der Waals surface area contributed by atoms with Crippen molar-refractivity contribution in [3.63, 3.8) is 0 Å². The summed E-state index contributed by atoms with van der Waals surface area (Å²) in [5.41, 5.74) is 2.46. The fraction of sp³-hybridized carbons (Fsp3) is 0.333. The Hall–Kier alpha value is -3.48. The number of rotatable bonds is 8. The van der Waals surface area contributed by atoms with Crippen LogP contribution in [0, 0.1) is 19.8 Å². The molecular weight excluding hydrogens is 396 g/mol.